The first-order valence-corrected chi connectivity index (χ1v) is 8.18. The Kier molecular flexibility index (Phi) is 5.15. The van der Waals surface area contributed by atoms with Crippen LogP contribution in [0.25, 0.3) is 0 Å². The van der Waals surface area contributed by atoms with E-state index in [9.17, 15) is 8.78 Å². The molecule has 3 rings (SSSR count). The van der Waals surface area contributed by atoms with Crippen molar-refractivity contribution in [3.05, 3.63) is 69.7 Å². The Bertz CT molecular complexity index is 941. The molecule has 2 heterocycles. The van der Waals surface area contributed by atoms with Gasteiger partial charge >= 0.3 is 0 Å². The molecule has 3 aromatic rings. The highest BCUT2D eigenvalue weighted by molar-refractivity contribution is 9.10. The molecule has 0 aliphatic heterocycles. The maximum Gasteiger partial charge on any atom is 0.202 e. The normalized spacial score (nSPS) is 10.6. The van der Waals surface area contributed by atoms with Crippen LogP contribution >= 0.6 is 27.5 Å². The molecular weight excluding hydrogens is 418 g/mol. The number of hydrogen-bond donors (Lipinski definition) is 0. The van der Waals surface area contributed by atoms with E-state index in [1.54, 1.807) is 13.0 Å². The highest BCUT2D eigenvalue weighted by atomic mass is 79.9. The van der Waals surface area contributed by atoms with Gasteiger partial charge in [0, 0.05) is 22.3 Å². The largest absolute Gasteiger partial charge is 0.452 e. The third kappa shape index (κ3) is 3.88. The minimum atomic E-state index is -0.783. The number of hydrogen-bond acceptors (Lipinski definition) is 4. The van der Waals surface area contributed by atoms with E-state index in [0.717, 1.165) is 0 Å². The van der Waals surface area contributed by atoms with E-state index in [-0.39, 0.29) is 28.2 Å². The summed E-state index contributed by atoms with van der Waals surface area (Å²) in [7, 11) is 0. The molecule has 8 heteroatoms. The Morgan fingerprint density at radius 1 is 1.00 bits per heavy atom. The summed E-state index contributed by atoms with van der Waals surface area (Å²) in [5, 5.41) is -0.299. The summed E-state index contributed by atoms with van der Waals surface area (Å²) in [5.74, 6) is -0.864. The van der Waals surface area contributed by atoms with Crippen LogP contribution in [-0.4, -0.2) is 9.97 Å². The van der Waals surface area contributed by atoms with Crippen molar-refractivity contribution in [2.75, 3.05) is 0 Å². The van der Waals surface area contributed by atoms with E-state index in [1.165, 1.54) is 36.8 Å². The zero-order chi connectivity index (χ0) is 18.0. The summed E-state index contributed by atoms with van der Waals surface area (Å²) in [6.45, 7) is 1.68. The van der Waals surface area contributed by atoms with Crippen LogP contribution in [0.4, 0.5) is 8.78 Å². The van der Waals surface area contributed by atoms with Gasteiger partial charge in [-0.05, 0) is 25.1 Å². The van der Waals surface area contributed by atoms with Crippen molar-refractivity contribution in [1.29, 1.82) is 0 Å². The first-order chi connectivity index (χ1) is 12.0. The SMILES string of the molecule is Cc1c(Oc2ccc(Br)cc2F)cncc1Oc1ccnc(Cl)c1F. The lowest BCUT2D eigenvalue weighted by Crippen LogP contribution is -1.97. The van der Waals surface area contributed by atoms with Gasteiger partial charge in [-0.3, -0.25) is 4.98 Å². The van der Waals surface area contributed by atoms with Gasteiger partial charge in [0.05, 0.1) is 12.4 Å². The minimum Gasteiger partial charge on any atom is -0.452 e. The Morgan fingerprint density at radius 2 is 1.68 bits per heavy atom. The van der Waals surface area contributed by atoms with Gasteiger partial charge in [-0.25, -0.2) is 9.37 Å². The smallest absolute Gasteiger partial charge is 0.202 e. The lowest BCUT2D eigenvalue weighted by atomic mass is 10.2. The maximum absolute atomic E-state index is 13.9. The van der Waals surface area contributed by atoms with Crippen LogP contribution in [0.2, 0.25) is 5.15 Å². The first-order valence-electron chi connectivity index (χ1n) is 7.01. The Balaban J connectivity index is 1.91. The molecule has 0 N–H and O–H groups in total. The molecule has 0 unspecified atom stereocenters. The molecule has 0 saturated heterocycles. The molecular formula is C17H10BrClF2N2O2. The van der Waals surface area contributed by atoms with Crippen molar-refractivity contribution in [2.45, 2.75) is 6.92 Å². The molecule has 25 heavy (non-hydrogen) atoms. The molecule has 0 radical (unpaired) electrons. The average molecular weight is 428 g/mol. The van der Waals surface area contributed by atoms with Crippen LogP contribution in [-0.2, 0) is 0 Å². The molecule has 0 fully saturated rings. The lowest BCUT2D eigenvalue weighted by molar-refractivity contribution is 0.415. The van der Waals surface area contributed by atoms with E-state index >= 15 is 0 Å². The molecule has 0 saturated carbocycles. The molecule has 0 amide bonds. The van der Waals surface area contributed by atoms with Crippen LogP contribution in [0.5, 0.6) is 23.0 Å². The van der Waals surface area contributed by atoms with Crippen molar-refractivity contribution >= 4 is 27.5 Å². The molecule has 0 aliphatic carbocycles. The number of nitrogens with zero attached hydrogens (tertiary/aromatic N) is 2. The summed E-state index contributed by atoms with van der Waals surface area (Å²) in [6.07, 6.45) is 4.13. The summed E-state index contributed by atoms with van der Waals surface area (Å²) in [4.78, 5) is 7.60. The number of aromatic nitrogens is 2. The Labute approximate surface area is 155 Å². The molecule has 0 bridgehead atoms. The van der Waals surface area contributed by atoms with Gasteiger partial charge in [-0.2, -0.15) is 4.39 Å². The zero-order valence-electron chi connectivity index (χ0n) is 12.8. The highest BCUT2D eigenvalue weighted by Gasteiger charge is 2.15. The zero-order valence-corrected chi connectivity index (χ0v) is 15.1. The third-order valence-corrected chi connectivity index (χ3v) is 4.02. The van der Waals surface area contributed by atoms with E-state index in [2.05, 4.69) is 25.9 Å². The fourth-order valence-corrected chi connectivity index (χ4v) is 2.45. The standard InChI is InChI=1S/C17H10BrClF2N2O2/c1-9-14(24-12-3-2-10(18)6-11(12)20)7-22-8-15(9)25-13-4-5-23-17(19)16(13)21/h2-8H,1H3. The van der Waals surface area contributed by atoms with Crippen molar-refractivity contribution in [3.8, 4) is 23.0 Å². The number of ether oxygens (including phenoxy) is 2. The van der Waals surface area contributed by atoms with Gasteiger partial charge in [0.1, 0.15) is 0 Å². The van der Waals surface area contributed by atoms with Crippen LogP contribution < -0.4 is 9.47 Å². The van der Waals surface area contributed by atoms with E-state index in [1.807, 2.05) is 0 Å². The summed E-state index contributed by atoms with van der Waals surface area (Å²) >= 11 is 8.81. The topological polar surface area (TPSA) is 44.2 Å². The average Bonchev–Trinajstić information content (AvgIpc) is 2.57. The van der Waals surface area contributed by atoms with Crippen LogP contribution in [0.3, 0.4) is 0 Å². The monoisotopic (exact) mass is 426 g/mol. The van der Waals surface area contributed by atoms with Crippen LogP contribution in [0.15, 0.2) is 47.3 Å². The van der Waals surface area contributed by atoms with E-state index < -0.39 is 11.6 Å². The quantitative estimate of drug-likeness (QED) is 0.475. The molecule has 128 valence electrons. The predicted molar refractivity (Wildman–Crippen MR) is 92.4 cm³/mol. The van der Waals surface area contributed by atoms with Crippen molar-refractivity contribution in [1.82, 2.24) is 9.97 Å². The van der Waals surface area contributed by atoms with Crippen LogP contribution in [0.1, 0.15) is 5.56 Å². The highest BCUT2D eigenvalue weighted by Crippen LogP contribution is 2.35. The van der Waals surface area contributed by atoms with Crippen molar-refractivity contribution < 1.29 is 18.3 Å². The Hall–Kier alpha value is -2.25. The van der Waals surface area contributed by atoms with E-state index in [4.69, 9.17) is 21.1 Å². The van der Waals surface area contributed by atoms with Gasteiger partial charge in [0.2, 0.25) is 5.82 Å². The van der Waals surface area contributed by atoms with Gasteiger partial charge in [0.15, 0.2) is 34.0 Å². The summed E-state index contributed by atoms with van der Waals surface area (Å²) in [6, 6.07) is 5.75. The first kappa shape index (κ1) is 17.6. The molecule has 2 aromatic heterocycles. The third-order valence-electron chi connectivity index (χ3n) is 3.27. The molecule has 1 aromatic carbocycles. The molecule has 0 aliphatic rings. The summed E-state index contributed by atoms with van der Waals surface area (Å²) in [5.41, 5.74) is 0.518. The van der Waals surface area contributed by atoms with Gasteiger partial charge in [-0.1, -0.05) is 27.5 Å². The Morgan fingerprint density at radius 3 is 2.36 bits per heavy atom. The second-order valence-electron chi connectivity index (χ2n) is 4.95. The minimum absolute atomic E-state index is 0.0309. The van der Waals surface area contributed by atoms with Gasteiger partial charge in [0.25, 0.3) is 0 Å². The van der Waals surface area contributed by atoms with Gasteiger partial charge < -0.3 is 9.47 Å². The molecule has 4 nitrogen and oxygen atoms in total. The second-order valence-corrected chi connectivity index (χ2v) is 6.23. The number of rotatable bonds is 4. The van der Waals surface area contributed by atoms with E-state index in [0.29, 0.717) is 10.0 Å². The fraction of sp³-hybridized carbons (Fsp3) is 0.0588. The van der Waals surface area contributed by atoms with Crippen LogP contribution in [0, 0.1) is 18.6 Å². The van der Waals surface area contributed by atoms with Gasteiger partial charge in [-0.15, -0.1) is 0 Å². The number of benzene rings is 1. The molecule has 0 atom stereocenters. The number of halogens is 4. The van der Waals surface area contributed by atoms with Crippen molar-refractivity contribution in [3.63, 3.8) is 0 Å². The maximum atomic E-state index is 13.9. The second kappa shape index (κ2) is 7.33. The fourth-order valence-electron chi connectivity index (χ4n) is 1.97. The van der Waals surface area contributed by atoms with Crippen molar-refractivity contribution in [2.24, 2.45) is 0 Å². The lowest BCUT2D eigenvalue weighted by Gasteiger charge is -2.13. The predicted octanol–water partition coefficient (Wildman–Crippen LogP) is 6.06. The number of pyridine rings is 2. The summed E-state index contributed by atoms with van der Waals surface area (Å²) < 4.78 is 39.5. The molecule has 0 spiro atoms.